The van der Waals surface area contributed by atoms with Crippen LogP contribution in [-0.2, 0) is 9.53 Å². The predicted octanol–water partition coefficient (Wildman–Crippen LogP) is 2.83. The lowest BCUT2D eigenvalue weighted by Gasteiger charge is -2.18. The number of benzene rings is 1. The van der Waals surface area contributed by atoms with Crippen molar-refractivity contribution in [1.29, 1.82) is 0 Å². The van der Waals surface area contributed by atoms with E-state index in [-0.39, 0.29) is 0 Å². The van der Waals surface area contributed by atoms with E-state index in [9.17, 15) is 9.59 Å². The van der Waals surface area contributed by atoms with Crippen molar-refractivity contribution in [1.82, 2.24) is 0 Å². The number of ketones is 1. The van der Waals surface area contributed by atoms with Gasteiger partial charge in [0, 0.05) is 13.2 Å². The van der Waals surface area contributed by atoms with Gasteiger partial charge in [0.2, 0.25) is 0 Å². The Hall–Kier alpha value is -1.39. The number of amides is 1. The topological polar surface area (TPSA) is 46.6 Å². The van der Waals surface area contributed by atoms with Crippen molar-refractivity contribution in [2.24, 2.45) is 0 Å². The summed E-state index contributed by atoms with van der Waals surface area (Å²) < 4.78 is 5.56. The average Bonchev–Trinajstić information content (AvgIpc) is 3.03. The second kappa shape index (κ2) is 5.54. The minimum Gasteiger partial charge on any atom is -0.378 e. The number of carbonyl (C=O) groups is 2. The van der Waals surface area contributed by atoms with Crippen LogP contribution < -0.4 is 4.90 Å². The van der Waals surface area contributed by atoms with Gasteiger partial charge in [0.1, 0.15) is 0 Å². The molecule has 106 valence electrons. The van der Waals surface area contributed by atoms with Crippen LogP contribution in [0.3, 0.4) is 0 Å². The number of carbonyl (C=O) groups excluding carboxylic acids is 2. The van der Waals surface area contributed by atoms with Gasteiger partial charge in [-0.2, -0.15) is 0 Å². The van der Waals surface area contributed by atoms with Crippen molar-refractivity contribution in [3.63, 3.8) is 0 Å². The SMILES string of the molecule is O=C1C(=O)N(CCCC2CCCO2)c2c(Cl)cccc21. The first-order valence-electron chi connectivity index (χ1n) is 6.95. The van der Waals surface area contributed by atoms with Gasteiger partial charge in [-0.25, -0.2) is 0 Å². The molecule has 2 heterocycles. The summed E-state index contributed by atoms with van der Waals surface area (Å²) >= 11 is 6.13. The first-order chi connectivity index (χ1) is 9.68. The lowest BCUT2D eigenvalue weighted by molar-refractivity contribution is -0.114. The van der Waals surface area contributed by atoms with Crippen LogP contribution in [-0.4, -0.2) is 30.9 Å². The minimum atomic E-state index is -0.472. The summed E-state index contributed by atoms with van der Waals surface area (Å²) in [6, 6.07) is 5.06. The molecule has 0 spiro atoms. The summed E-state index contributed by atoms with van der Waals surface area (Å²) in [6.07, 6.45) is 4.23. The summed E-state index contributed by atoms with van der Waals surface area (Å²) in [6.45, 7) is 1.35. The van der Waals surface area contributed by atoms with Crippen molar-refractivity contribution in [3.05, 3.63) is 28.8 Å². The Bertz CT molecular complexity index is 552. The molecule has 1 aromatic rings. The molecule has 1 aromatic carbocycles. The molecule has 0 bridgehead atoms. The Labute approximate surface area is 122 Å². The van der Waals surface area contributed by atoms with E-state index in [0.29, 0.717) is 28.9 Å². The maximum Gasteiger partial charge on any atom is 0.299 e. The number of nitrogens with zero attached hydrogens (tertiary/aromatic N) is 1. The zero-order chi connectivity index (χ0) is 14.1. The first kappa shape index (κ1) is 13.6. The summed E-state index contributed by atoms with van der Waals surface area (Å²) in [7, 11) is 0. The Morgan fingerprint density at radius 3 is 2.95 bits per heavy atom. The van der Waals surface area contributed by atoms with Gasteiger partial charge < -0.3 is 9.64 Å². The standard InChI is InChI=1S/C15H16ClNO3/c16-12-7-1-6-11-13(12)17(15(19)14(11)18)8-2-4-10-5-3-9-20-10/h1,6-7,10H,2-5,8-9H2. The molecule has 2 aliphatic heterocycles. The number of rotatable bonds is 4. The van der Waals surface area contributed by atoms with Crippen LogP contribution in [0, 0.1) is 0 Å². The zero-order valence-corrected chi connectivity index (χ0v) is 11.9. The number of ether oxygens (including phenoxy) is 1. The molecule has 4 nitrogen and oxygen atoms in total. The van der Waals surface area contributed by atoms with Crippen LogP contribution in [0.25, 0.3) is 0 Å². The van der Waals surface area contributed by atoms with Crippen LogP contribution in [0.4, 0.5) is 5.69 Å². The highest BCUT2D eigenvalue weighted by Gasteiger charge is 2.36. The van der Waals surface area contributed by atoms with Crippen molar-refractivity contribution in [2.45, 2.75) is 31.8 Å². The Morgan fingerprint density at radius 2 is 2.20 bits per heavy atom. The molecule has 2 aliphatic rings. The summed E-state index contributed by atoms with van der Waals surface area (Å²) in [5, 5.41) is 0.457. The molecule has 1 fully saturated rings. The number of para-hydroxylation sites is 1. The van der Waals surface area contributed by atoms with Crippen molar-refractivity contribution < 1.29 is 14.3 Å². The van der Waals surface area contributed by atoms with Crippen molar-refractivity contribution in [3.8, 4) is 0 Å². The molecular weight excluding hydrogens is 278 g/mol. The highest BCUT2D eigenvalue weighted by Crippen LogP contribution is 2.35. The average molecular weight is 294 g/mol. The molecule has 0 aromatic heterocycles. The number of halogens is 1. The van der Waals surface area contributed by atoms with Gasteiger partial charge in [0.25, 0.3) is 11.7 Å². The van der Waals surface area contributed by atoms with Gasteiger partial charge in [-0.1, -0.05) is 17.7 Å². The van der Waals surface area contributed by atoms with E-state index < -0.39 is 11.7 Å². The number of hydrogen-bond donors (Lipinski definition) is 0. The van der Waals surface area contributed by atoms with Gasteiger partial charge in [-0.05, 0) is 37.8 Å². The molecule has 0 saturated carbocycles. The van der Waals surface area contributed by atoms with Crippen molar-refractivity contribution in [2.75, 3.05) is 18.1 Å². The highest BCUT2D eigenvalue weighted by atomic mass is 35.5. The molecule has 5 heteroatoms. The number of anilines is 1. The van der Waals surface area contributed by atoms with E-state index in [4.69, 9.17) is 16.3 Å². The monoisotopic (exact) mass is 293 g/mol. The number of Topliss-reactive ketones (excluding diaryl/α,β-unsaturated/α-hetero) is 1. The fraction of sp³-hybridized carbons (Fsp3) is 0.467. The van der Waals surface area contributed by atoms with E-state index in [0.717, 1.165) is 32.3 Å². The Kier molecular flexibility index (Phi) is 3.76. The Balaban J connectivity index is 1.70. The molecule has 0 N–H and O–H groups in total. The zero-order valence-electron chi connectivity index (χ0n) is 11.1. The van der Waals surface area contributed by atoms with Gasteiger partial charge in [0.05, 0.1) is 22.4 Å². The van der Waals surface area contributed by atoms with E-state index in [1.807, 2.05) is 0 Å². The highest BCUT2D eigenvalue weighted by molar-refractivity contribution is 6.54. The predicted molar refractivity (Wildman–Crippen MR) is 76.3 cm³/mol. The van der Waals surface area contributed by atoms with Crippen LogP contribution in [0.15, 0.2) is 18.2 Å². The third kappa shape index (κ3) is 2.34. The van der Waals surface area contributed by atoms with Gasteiger partial charge in [-0.3, -0.25) is 9.59 Å². The molecule has 20 heavy (non-hydrogen) atoms. The van der Waals surface area contributed by atoms with Crippen LogP contribution in [0.1, 0.15) is 36.0 Å². The number of hydrogen-bond acceptors (Lipinski definition) is 3. The van der Waals surface area contributed by atoms with Crippen molar-refractivity contribution >= 4 is 29.0 Å². The second-order valence-electron chi connectivity index (χ2n) is 5.20. The Morgan fingerprint density at radius 1 is 1.35 bits per heavy atom. The normalized spacial score (nSPS) is 21.6. The third-order valence-electron chi connectivity index (χ3n) is 3.87. The largest absolute Gasteiger partial charge is 0.378 e. The molecular formula is C15H16ClNO3. The number of fused-ring (bicyclic) bond motifs is 1. The quantitative estimate of drug-likeness (QED) is 0.802. The smallest absolute Gasteiger partial charge is 0.299 e. The lowest BCUT2D eigenvalue weighted by atomic mass is 10.1. The van der Waals surface area contributed by atoms with Gasteiger partial charge in [-0.15, -0.1) is 0 Å². The van der Waals surface area contributed by atoms with E-state index in [2.05, 4.69) is 0 Å². The molecule has 0 radical (unpaired) electrons. The summed E-state index contributed by atoms with van der Waals surface area (Å²) in [4.78, 5) is 25.4. The lowest BCUT2D eigenvalue weighted by Crippen LogP contribution is -2.31. The van der Waals surface area contributed by atoms with E-state index >= 15 is 0 Å². The second-order valence-corrected chi connectivity index (χ2v) is 5.61. The minimum absolute atomic E-state index is 0.300. The van der Waals surface area contributed by atoms with E-state index in [1.54, 1.807) is 18.2 Å². The van der Waals surface area contributed by atoms with Crippen LogP contribution in [0.2, 0.25) is 5.02 Å². The molecule has 3 rings (SSSR count). The van der Waals surface area contributed by atoms with Crippen LogP contribution in [0.5, 0.6) is 0 Å². The molecule has 1 atom stereocenters. The fourth-order valence-corrected chi connectivity index (χ4v) is 3.15. The maximum absolute atomic E-state index is 12.0. The van der Waals surface area contributed by atoms with E-state index in [1.165, 1.54) is 4.90 Å². The third-order valence-corrected chi connectivity index (χ3v) is 4.18. The summed E-state index contributed by atoms with van der Waals surface area (Å²) in [5.41, 5.74) is 0.983. The molecule has 1 unspecified atom stereocenters. The van der Waals surface area contributed by atoms with Crippen LogP contribution >= 0.6 is 11.6 Å². The first-order valence-corrected chi connectivity index (χ1v) is 7.32. The fourth-order valence-electron chi connectivity index (χ4n) is 2.87. The summed E-state index contributed by atoms with van der Waals surface area (Å²) in [5.74, 6) is -0.931. The van der Waals surface area contributed by atoms with Gasteiger partial charge >= 0.3 is 0 Å². The molecule has 1 amide bonds. The molecule has 0 aliphatic carbocycles. The maximum atomic E-state index is 12.0. The van der Waals surface area contributed by atoms with Gasteiger partial charge in [0.15, 0.2) is 0 Å². The molecule has 1 saturated heterocycles.